The number of carbonyl (C=O) groups excluding carboxylic acids is 1. The molecule has 2 atom stereocenters. The quantitative estimate of drug-likeness (QED) is 0.260. The highest BCUT2D eigenvalue weighted by atomic mass is 19.1. The first-order valence-electron chi connectivity index (χ1n) is 14.6. The molecular weight excluding hydrogens is 543 g/mol. The van der Waals surface area contributed by atoms with E-state index in [2.05, 4.69) is 19.1 Å². The van der Waals surface area contributed by atoms with E-state index in [1.54, 1.807) is 18.5 Å². The summed E-state index contributed by atoms with van der Waals surface area (Å²) in [6.07, 6.45) is 4.90. The summed E-state index contributed by atoms with van der Waals surface area (Å²) < 4.78 is 17.4. The Balaban J connectivity index is 1.26. The smallest absolute Gasteiger partial charge is 0.308 e. The number of hydrogen-bond acceptors (Lipinski definition) is 4. The molecule has 0 bridgehead atoms. The Morgan fingerprint density at radius 3 is 2.49 bits per heavy atom. The minimum absolute atomic E-state index is 0.0549. The van der Waals surface area contributed by atoms with Crippen LogP contribution < -0.4 is 4.90 Å². The molecule has 0 radical (unpaired) electrons. The zero-order valence-electron chi connectivity index (χ0n) is 23.8. The summed E-state index contributed by atoms with van der Waals surface area (Å²) in [5.41, 5.74) is 6.77. The molecule has 1 amide bonds. The average Bonchev–Trinajstić information content (AvgIpc) is 3.69. The van der Waals surface area contributed by atoms with E-state index < -0.39 is 17.7 Å². The predicted molar refractivity (Wildman–Crippen MR) is 164 cm³/mol. The molecule has 7 nitrogen and oxygen atoms in total. The fraction of sp³-hybridized carbons (Fsp3) is 0.229. The van der Waals surface area contributed by atoms with Crippen LogP contribution in [0.15, 0.2) is 91.3 Å². The molecular formula is C35H31FN4O3. The van der Waals surface area contributed by atoms with Gasteiger partial charge in [-0.05, 0) is 60.7 Å². The van der Waals surface area contributed by atoms with E-state index in [9.17, 15) is 14.7 Å². The summed E-state index contributed by atoms with van der Waals surface area (Å²) in [6, 6.07) is 24.9. The number of carboxylic acids is 1. The van der Waals surface area contributed by atoms with Crippen LogP contribution >= 0.6 is 0 Å². The molecule has 5 aromatic rings. The number of rotatable bonds is 5. The number of benzene rings is 3. The second-order valence-electron chi connectivity index (χ2n) is 11.4. The Kier molecular flexibility index (Phi) is 6.69. The number of aromatic nitrogens is 2. The van der Waals surface area contributed by atoms with Gasteiger partial charge in [-0.1, -0.05) is 54.6 Å². The van der Waals surface area contributed by atoms with Crippen molar-refractivity contribution < 1.29 is 19.1 Å². The molecule has 8 heteroatoms. The van der Waals surface area contributed by atoms with Crippen molar-refractivity contribution in [3.05, 3.63) is 114 Å². The van der Waals surface area contributed by atoms with Crippen LogP contribution in [0.5, 0.6) is 0 Å². The Morgan fingerprint density at radius 2 is 1.72 bits per heavy atom. The number of pyridine rings is 1. The molecule has 0 spiro atoms. The lowest BCUT2D eigenvalue weighted by molar-refractivity contribution is -0.140. The summed E-state index contributed by atoms with van der Waals surface area (Å²) >= 11 is 0. The van der Waals surface area contributed by atoms with Gasteiger partial charge in [-0.3, -0.25) is 9.59 Å². The van der Waals surface area contributed by atoms with Gasteiger partial charge in [-0.2, -0.15) is 0 Å². The highest BCUT2D eigenvalue weighted by molar-refractivity contribution is 5.97. The predicted octanol–water partition coefficient (Wildman–Crippen LogP) is 6.48. The lowest BCUT2D eigenvalue weighted by Gasteiger charge is -2.35. The molecule has 0 aliphatic carbocycles. The summed E-state index contributed by atoms with van der Waals surface area (Å²) in [6.45, 7) is 3.63. The van der Waals surface area contributed by atoms with Crippen molar-refractivity contribution in [3.63, 3.8) is 0 Å². The Labute approximate surface area is 248 Å². The molecule has 0 saturated carbocycles. The van der Waals surface area contributed by atoms with Crippen molar-refractivity contribution in [2.45, 2.75) is 25.8 Å². The van der Waals surface area contributed by atoms with Gasteiger partial charge in [0.05, 0.1) is 23.2 Å². The molecule has 1 saturated heterocycles. The van der Waals surface area contributed by atoms with Crippen LogP contribution in [0.2, 0.25) is 0 Å². The molecule has 2 aliphatic rings. The largest absolute Gasteiger partial charge is 0.481 e. The second-order valence-corrected chi connectivity index (χ2v) is 11.4. The van der Waals surface area contributed by atoms with E-state index in [0.717, 1.165) is 17.5 Å². The zero-order chi connectivity index (χ0) is 29.7. The lowest BCUT2D eigenvalue weighted by Crippen LogP contribution is -2.38. The van der Waals surface area contributed by atoms with Gasteiger partial charge >= 0.3 is 5.97 Å². The van der Waals surface area contributed by atoms with Crippen molar-refractivity contribution in [3.8, 4) is 22.4 Å². The van der Waals surface area contributed by atoms with Gasteiger partial charge in [-0.15, -0.1) is 0 Å². The molecule has 1 N–H and O–H groups in total. The minimum atomic E-state index is -0.823. The SMILES string of the molecule is C[C@@H]1c2ccccc2CCN1C(=O)c1cc(-c2ccccc2)c2nc(-c3ccc(N4CCC(C(=O)O)C4)cc3F)cn2c1. The van der Waals surface area contributed by atoms with E-state index in [0.29, 0.717) is 54.2 Å². The van der Waals surface area contributed by atoms with Crippen LogP contribution in [0.4, 0.5) is 10.1 Å². The molecule has 3 aromatic carbocycles. The van der Waals surface area contributed by atoms with Crippen LogP contribution in [-0.4, -0.2) is 50.9 Å². The number of aliphatic carboxylic acids is 1. The van der Waals surface area contributed by atoms with Gasteiger partial charge in [0.25, 0.3) is 5.91 Å². The summed E-state index contributed by atoms with van der Waals surface area (Å²) in [4.78, 5) is 34.1. The first-order valence-corrected chi connectivity index (χ1v) is 14.6. The second kappa shape index (κ2) is 10.7. The maximum atomic E-state index is 15.6. The Bertz CT molecular complexity index is 1870. The minimum Gasteiger partial charge on any atom is -0.481 e. The Morgan fingerprint density at radius 1 is 0.930 bits per heavy atom. The van der Waals surface area contributed by atoms with Crippen molar-refractivity contribution in [2.75, 3.05) is 24.5 Å². The Hall–Kier alpha value is -4.98. The number of imidazole rings is 1. The molecule has 216 valence electrons. The van der Waals surface area contributed by atoms with Crippen LogP contribution in [-0.2, 0) is 11.2 Å². The van der Waals surface area contributed by atoms with E-state index in [-0.39, 0.29) is 11.9 Å². The third-order valence-electron chi connectivity index (χ3n) is 8.87. The lowest BCUT2D eigenvalue weighted by atomic mass is 9.93. The van der Waals surface area contributed by atoms with Crippen molar-refractivity contribution in [1.82, 2.24) is 14.3 Å². The number of fused-ring (bicyclic) bond motifs is 2. The van der Waals surface area contributed by atoms with Crippen LogP contribution in [0.25, 0.3) is 28.0 Å². The van der Waals surface area contributed by atoms with Gasteiger partial charge in [-0.25, -0.2) is 9.37 Å². The van der Waals surface area contributed by atoms with Gasteiger partial charge in [0.1, 0.15) is 11.5 Å². The average molecular weight is 575 g/mol. The highest BCUT2D eigenvalue weighted by Gasteiger charge is 2.30. The van der Waals surface area contributed by atoms with E-state index in [1.807, 2.05) is 68.8 Å². The maximum absolute atomic E-state index is 15.6. The van der Waals surface area contributed by atoms with E-state index >= 15 is 4.39 Å². The number of anilines is 1. The van der Waals surface area contributed by atoms with Crippen LogP contribution in [0, 0.1) is 11.7 Å². The molecule has 1 fully saturated rings. The number of carbonyl (C=O) groups is 2. The van der Waals surface area contributed by atoms with Gasteiger partial charge in [0.15, 0.2) is 0 Å². The zero-order valence-corrected chi connectivity index (χ0v) is 23.8. The third-order valence-corrected chi connectivity index (χ3v) is 8.87. The van der Waals surface area contributed by atoms with Crippen LogP contribution in [0.1, 0.15) is 40.9 Å². The summed E-state index contributed by atoms with van der Waals surface area (Å²) in [5.74, 6) is -1.76. The van der Waals surface area contributed by atoms with Crippen LogP contribution in [0.3, 0.4) is 0 Å². The molecule has 2 aliphatic heterocycles. The molecule has 7 rings (SSSR count). The number of amides is 1. The molecule has 43 heavy (non-hydrogen) atoms. The summed E-state index contributed by atoms with van der Waals surface area (Å²) in [7, 11) is 0. The first-order chi connectivity index (χ1) is 20.9. The van der Waals surface area contributed by atoms with Crippen molar-refractivity contribution in [2.24, 2.45) is 5.92 Å². The maximum Gasteiger partial charge on any atom is 0.308 e. The topological polar surface area (TPSA) is 78.2 Å². The van der Waals surface area contributed by atoms with Crippen molar-refractivity contribution >= 4 is 23.2 Å². The third kappa shape index (κ3) is 4.82. The standard InChI is InChI=1S/C35H31FN4O3/c1-22-28-10-6-5-9-24(28)14-16-40(22)34(41)26-17-30(23-7-3-2-4-8-23)33-37-32(21-39(33)20-26)29-12-11-27(18-31(29)36)38-15-13-25(19-38)35(42)43/h2-12,17-18,20-22,25H,13-16,19H2,1H3,(H,42,43)/t22-,25?/m1/s1. The molecule has 1 unspecified atom stereocenters. The van der Waals surface area contributed by atoms with E-state index in [4.69, 9.17) is 4.98 Å². The fourth-order valence-electron chi connectivity index (χ4n) is 6.50. The van der Waals surface area contributed by atoms with Crippen molar-refractivity contribution in [1.29, 1.82) is 0 Å². The first kappa shape index (κ1) is 26.9. The number of nitrogens with zero attached hydrogens (tertiary/aromatic N) is 4. The summed E-state index contributed by atoms with van der Waals surface area (Å²) in [5, 5.41) is 9.34. The normalized spacial score (nSPS) is 18.2. The highest BCUT2D eigenvalue weighted by Crippen LogP contribution is 2.34. The molecule has 4 heterocycles. The van der Waals surface area contributed by atoms with Gasteiger partial charge in [0.2, 0.25) is 0 Å². The molecule has 2 aromatic heterocycles. The number of hydrogen-bond donors (Lipinski definition) is 1. The fourth-order valence-corrected chi connectivity index (χ4v) is 6.50. The van der Waals surface area contributed by atoms with Gasteiger partial charge < -0.3 is 19.3 Å². The van der Waals surface area contributed by atoms with Gasteiger partial charge in [0, 0.05) is 48.8 Å². The number of halogens is 1. The number of carboxylic acid groups (broad SMARTS) is 1. The van der Waals surface area contributed by atoms with E-state index in [1.165, 1.54) is 17.2 Å². The monoisotopic (exact) mass is 574 g/mol.